The Morgan fingerprint density at radius 3 is 2.18 bits per heavy atom. The maximum atomic E-state index is 12.2. The molecule has 2 aromatic heterocycles. The number of hydrogen-bond acceptors (Lipinski definition) is 4. The standard InChI is InChI=1S/C23H16NSSi.C15H28O2.Ir/c1-26(2)19-9-5-8-17-21(19)22-18(25-17)10-11-24-23(22)16-12-14-6-3-4-7-15(14)13-20(16)26;1-7-14(5,8-2)12(16)11-13(17)15(6,9-3)10-4;/h3-11,13H,1-2H3;11,16H,7-10H2,1-6H3;/q-1;;/b;12-11-;. The smallest absolute Gasteiger partial charge is 0.164 e. The van der Waals surface area contributed by atoms with Crippen molar-refractivity contribution in [3.63, 3.8) is 0 Å². The fraction of sp³-hybridized carbons (Fsp3) is 0.368. The van der Waals surface area contributed by atoms with Crippen LogP contribution in [0.4, 0.5) is 0 Å². The van der Waals surface area contributed by atoms with E-state index in [1.807, 2.05) is 59.1 Å². The molecule has 0 spiro atoms. The largest absolute Gasteiger partial charge is 0.512 e. The molecule has 6 rings (SSSR count). The molecule has 3 aromatic carbocycles. The summed E-state index contributed by atoms with van der Waals surface area (Å²) in [5.74, 6) is 0.286. The fourth-order valence-corrected chi connectivity index (χ4v) is 10.4. The van der Waals surface area contributed by atoms with Crippen LogP contribution in [0.2, 0.25) is 13.1 Å². The first-order chi connectivity index (χ1) is 20.4. The Kier molecular flexibility index (Phi) is 10.1. The number of benzene rings is 3. The Labute approximate surface area is 281 Å². The number of carbonyl (C=O) groups is 1. The first-order valence-electron chi connectivity index (χ1n) is 15.7. The number of allylic oxidation sites excluding steroid dienone is 2. The van der Waals surface area contributed by atoms with E-state index in [0.717, 1.165) is 31.4 Å². The van der Waals surface area contributed by atoms with Crippen LogP contribution in [0.5, 0.6) is 0 Å². The number of hydrogen-bond donors (Lipinski definition) is 1. The third-order valence-corrected chi connectivity index (χ3v) is 15.0. The molecule has 0 fully saturated rings. The number of carbonyl (C=O) groups excluding carboxylic acids is 1. The van der Waals surface area contributed by atoms with Crippen molar-refractivity contribution in [2.75, 3.05) is 0 Å². The zero-order chi connectivity index (χ0) is 31.2. The molecule has 1 N–H and O–H groups in total. The van der Waals surface area contributed by atoms with Gasteiger partial charge in [0.2, 0.25) is 0 Å². The number of ketones is 1. The summed E-state index contributed by atoms with van der Waals surface area (Å²) < 4.78 is 2.71. The molecule has 5 aromatic rings. The SMILES string of the molecule is CCC(C)(CC)C(=O)/C=C(\O)C(C)(CC)CC.C[Si]1(C)c2cc3ccccc3[c-]c2-c2nccc3sc4cccc1c4c23.[Ir]. The topological polar surface area (TPSA) is 50.2 Å². The van der Waals surface area contributed by atoms with E-state index >= 15 is 0 Å². The van der Waals surface area contributed by atoms with Gasteiger partial charge in [-0.25, -0.2) is 0 Å². The van der Waals surface area contributed by atoms with Crippen molar-refractivity contribution >= 4 is 66.5 Å². The van der Waals surface area contributed by atoms with Gasteiger partial charge in [-0.2, -0.15) is 0 Å². The first kappa shape index (κ1) is 34.2. The Balaban J connectivity index is 0.000000218. The normalized spacial score (nSPS) is 14.1. The van der Waals surface area contributed by atoms with Gasteiger partial charge in [-0.1, -0.05) is 101 Å². The van der Waals surface area contributed by atoms with Crippen LogP contribution >= 0.6 is 11.3 Å². The summed E-state index contributed by atoms with van der Waals surface area (Å²) in [5, 5.41) is 18.3. The molecule has 233 valence electrons. The predicted molar refractivity (Wildman–Crippen MR) is 189 cm³/mol. The third-order valence-electron chi connectivity index (χ3n) is 10.4. The number of nitrogens with zero attached hydrogens (tertiary/aromatic N) is 1. The van der Waals surface area contributed by atoms with Crippen LogP contribution in [0.25, 0.3) is 42.2 Å². The Hall–Kier alpha value is -2.63. The second-order valence-electron chi connectivity index (χ2n) is 13.0. The van der Waals surface area contributed by atoms with Crippen molar-refractivity contribution in [2.24, 2.45) is 10.8 Å². The van der Waals surface area contributed by atoms with Gasteiger partial charge in [0, 0.05) is 58.3 Å². The van der Waals surface area contributed by atoms with E-state index in [1.165, 1.54) is 53.0 Å². The van der Waals surface area contributed by atoms with Gasteiger partial charge in [-0.15, -0.1) is 40.1 Å². The van der Waals surface area contributed by atoms with Crippen molar-refractivity contribution in [2.45, 2.75) is 80.3 Å². The van der Waals surface area contributed by atoms with Crippen LogP contribution in [-0.2, 0) is 24.9 Å². The molecule has 1 aliphatic heterocycles. The van der Waals surface area contributed by atoms with Crippen molar-refractivity contribution in [1.82, 2.24) is 4.98 Å². The molecule has 0 aliphatic carbocycles. The second kappa shape index (κ2) is 13.0. The van der Waals surface area contributed by atoms with E-state index in [1.54, 1.807) is 0 Å². The van der Waals surface area contributed by atoms with Crippen LogP contribution < -0.4 is 10.4 Å². The van der Waals surface area contributed by atoms with E-state index in [-0.39, 0.29) is 42.5 Å². The quantitative estimate of drug-likeness (QED) is 0.0773. The summed E-state index contributed by atoms with van der Waals surface area (Å²) in [6, 6.07) is 23.7. The summed E-state index contributed by atoms with van der Waals surface area (Å²) in [5.41, 5.74) is 1.72. The number of aliphatic hydroxyl groups excluding tert-OH is 1. The molecule has 0 saturated carbocycles. The Bertz CT molecular complexity index is 1860. The first-order valence-corrected chi connectivity index (χ1v) is 19.5. The van der Waals surface area contributed by atoms with E-state index in [4.69, 9.17) is 4.98 Å². The van der Waals surface area contributed by atoms with Crippen molar-refractivity contribution in [3.05, 3.63) is 78.7 Å². The van der Waals surface area contributed by atoms with Gasteiger partial charge in [0.1, 0.15) is 5.76 Å². The second-order valence-corrected chi connectivity index (χ2v) is 18.4. The van der Waals surface area contributed by atoms with E-state index in [9.17, 15) is 9.90 Å². The van der Waals surface area contributed by atoms with Gasteiger partial charge in [0.25, 0.3) is 0 Å². The number of fused-ring (bicyclic) bond motifs is 3. The van der Waals surface area contributed by atoms with E-state index < -0.39 is 8.07 Å². The minimum Gasteiger partial charge on any atom is -0.512 e. The molecule has 0 saturated heterocycles. The summed E-state index contributed by atoms with van der Waals surface area (Å²) in [4.78, 5) is 17.0. The number of pyridine rings is 1. The van der Waals surface area contributed by atoms with Gasteiger partial charge in [-0.3, -0.25) is 9.78 Å². The molecular formula is C38H44IrNO2SSi-. The maximum Gasteiger partial charge on any atom is 0.164 e. The number of aliphatic hydroxyl groups is 1. The van der Waals surface area contributed by atoms with Crippen LogP contribution in [0.3, 0.4) is 0 Å². The van der Waals surface area contributed by atoms with Crippen LogP contribution in [-0.4, -0.2) is 23.9 Å². The number of aromatic nitrogens is 1. The molecule has 3 nitrogen and oxygen atoms in total. The summed E-state index contributed by atoms with van der Waals surface area (Å²) >= 11 is 1.89. The van der Waals surface area contributed by atoms with Crippen molar-refractivity contribution in [3.8, 4) is 11.3 Å². The number of thiophene rings is 1. The summed E-state index contributed by atoms with van der Waals surface area (Å²) in [6.45, 7) is 17.0. The van der Waals surface area contributed by atoms with Gasteiger partial charge in [0.05, 0.1) is 8.07 Å². The van der Waals surface area contributed by atoms with E-state index in [2.05, 4.69) is 73.8 Å². The summed E-state index contributed by atoms with van der Waals surface area (Å²) in [6.07, 6.45) is 6.71. The molecule has 1 radical (unpaired) electrons. The molecule has 44 heavy (non-hydrogen) atoms. The maximum absolute atomic E-state index is 12.2. The number of rotatable bonds is 7. The zero-order valence-electron chi connectivity index (χ0n) is 27.2. The summed E-state index contributed by atoms with van der Waals surface area (Å²) in [7, 11) is -1.88. The third kappa shape index (κ3) is 5.75. The van der Waals surface area contributed by atoms with Gasteiger partial charge in [0.15, 0.2) is 5.78 Å². The van der Waals surface area contributed by atoms with Crippen LogP contribution in [0.15, 0.2) is 72.6 Å². The monoisotopic (exact) mass is 799 g/mol. The van der Waals surface area contributed by atoms with Gasteiger partial charge >= 0.3 is 0 Å². The van der Waals surface area contributed by atoms with Crippen LogP contribution in [0, 0.1) is 16.9 Å². The predicted octanol–water partition coefficient (Wildman–Crippen LogP) is 9.85. The molecular weight excluding hydrogens is 755 g/mol. The fourth-order valence-electron chi connectivity index (χ4n) is 6.15. The van der Waals surface area contributed by atoms with Gasteiger partial charge in [-0.05, 0) is 48.6 Å². The minimum absolute atomic E-state index is 0. The molecule has 3 heterocycles. The molecule has 0 unspecified atom stereocenters. The Morgan fingerprint density at radius 1 is 0.886 bits per heavy atom. The van der Waals surface area contributed by atoms with Crippen molar-refractivity contribution in [1.29, 1.82) is 0 Å². The van der Waals surface area contributed by atoms with E-state index in [0.29, 0.717) is 0 Å². The average Bonchev–Trinajstić information content (AvgIpc) is 3.39. The molecule has 0 amide bonds. The minimum atomic E-state index is -1.88. The Morgan fingerprint density at radius 2 is 1.52 bits per heavy atom. The molecule has 1 aliphatic rings. The zero-order valence-corrected chi connectivity index (χ0v) is 31.4. The average molecular weight is 799 g/mol. The van der Waals surface area contributed by atoms with Crippen molar-refractivity contribution < 1.29 is 30.0 Å². The molecule has 6 heteroatoms. The molecule has 0 bridgehead atoms. The van der Waals surface area contributed by atoms with Crippen LogP contribution in [0.1, 0.15) is 67.2 Å². The molecule has 0 atom stereocenters. The van der Waals surface area contributed by atoms with Gasteiger partial charge < -0.3 is 5.11 Å².